The van der Waals surface area contributed by atoms with Crippen molar-refractivity contribution >= 4 is 23.1 Å². The van der Waals surface area contributed by atoms with Crippen LogP contribution in [0.1, 0.15) is 12.8 Å². The summed E-state index contributed by atoms with van der Waals surface area (Å²) in [6.45, 7) is 2.86. The number of hydrogen-bond donors (Lipinski definition) is 0. The highest BCUT2D eigenvalue weighted by molar-refractivity contribution is 6.28. The summed E-state index contributed by atoms with van der Waals surface area (Å²) < 4.78 is 0. The van der Waals surface area contributed by atoms with Gasteiger partial charge in [-0.1, -0.05) is 0 Å². The van der Waals surface area contributed by atoms with E-state index in [1.807, 2.05) is 11.9 Å². The third-order valence-electron chi connectivity index (χ3n) is 3.65. The van der Waals surface area contributed by atoms with E-state index in [2.05, 4.69) is 21.9 Å². The van der Waals surface area contributed by atoms with Crippen LogP contribution < -0.4 is 4.90 Å². The molecule has 1 fully saturated rings. The Kier molecular flexibility index (Phi) is 4.72. The SMILES string of the molecule is CN1CCC(CN(C)c2nc(Cl)ncc2[N+](=O)[O-])CC1. The van der Waals surface area contributed by atoms with Crippen molar-refractivity contribution in [2.24, 2.45) is 5.92 Å². The van der Waals surface area contributed by atoms with Gasteiger partial charge in [0.25, 0.3) is 0 Å². The molecule has 0 atom stereocenters. The van der Waals surface area contributed by atoms with Crippen LogP contribution in [0.3, 0.4) is 0 Å². The molecule has 0 spiro atoms. The van der Waals surface area contributed by atoms with Crippen LogP contribution in [0.15, 0.2) is 6.20 Å². The average Bonchev–Trinajstić information content (AvgIpc) is 2.41. The minimum Gasteiger partial charge on any atom is -0.354 e. The molecule has 0 aromatic carbocycles. The first-order chi connectivity index (χ1) is 9.47. The van der Waals surface area contributed by atoms with E-state index < -0.39 is 4.92 Å². The van der Waals surface area contributed by atoms with Gasteiger partial charge in [0.05, 0.1) is 4.92 Å². The van der Waals surface area contributed by atoms with Gasteiger partial charge in [-0.25, -0.2) is 4.98 Å². The fraction of sp³-hybridized carbons (Fsp3) is 0.667. The van der Waals surface area contributed by atoms with Gasteiger partial charge in [0.15, 0.2) is 0 Å². The lowest BCUT2D eigenvalue weighted by molar-refractivity contribution is -0.384. The second-order valence-corrected chi connectivity index (χ2v) is 5.57. The van der Waals surface area contributed by atoms with E-state index in [0.717, 1.165) is 38.7 Å². The van der Waals surface area contributed by atoms with Crippen LogP contribution in [0.2, 0.25) is 5.28 Å². The van der Waals surface area contributed by atoms with Crippen molar-refractivity contribution in [2.45, 2.75) is 12.8 Å². The van der Waals surface area contributed by atoms with Gasteiger partial charge >= 0.3 is 5.69 Å². The van der Waals surface area contributed by atoms with E-state index in [1.165, 1.54) is 0 Å². The Morgan fingerprint density at radius 3 is 2.80 bits per heavy atom. The second kappa shape index (κ2) is 6.32. The summed E-state index contributed by atoms with van der Waals surface area (Å²) in [6, 6.07) is 0. The summed E-state index contributed by atoms with van der Waals surface area (Å²) in [6.07, 6.45) is 3.34. The van der Waals surface area contributed by atoms with Gasteiger partial charge in [0, 0.05) is 13.6 Å². The molecular weight excluding hydrogens is 282 g/mol. The van der Waals surface area contributed by atoms with Gasteiger partial charge in [0.2, 0.25) is 11.1 Å². The summed E-state index contributed by atoms with van der Waals surface area (Å²) in [5, 5.41) is 11.1. The first-order valence-electron chi connectivity index (χ1n) is 6.54. The molecule has 1 saturated heterocycles. The first-order valence-corrected chi connectivity index (χ1v) is 6.91. The van der Waals surface area contributed by atoms with E-state index in [1.54, 1.807) is 0 Å². The van der Waals surface area contributed by atoms with E-state index in [-0.39, 0.29) is 16.8 Å². The molecule has 1 aliphatic heterocycles. The van der Waals surface area contributed by atoms with Crippen molar-refractivity contribution in [3.63, 3.8) is 0 Å². The summed E-state index contributed by atoms with van der Waals surface area (Å²) in [7, 11) is 3.92. The van der Waals surface area contributed by atoms with Crippen LogP contribution in [0.25, 0.3) is 0 Å². The normalized spacial score (nSPS) is 17.1. The minimum atomic E-state index is -0.475. The van der Waals surface area contributed by atoms with Crippen LogP contribution in [0.5, 0.6) is 0 Å². The third-order valence-corrected chi connectivity index (χ3v) is 3.83. The molecule has 0 unspecified atom stereocenters. The Morgan fingerprint density at radius 2 is 2.20 bits per heavy atom. The summed E-state index contributed by atoms with van der Waals surface area (Å²) >= 11 is 5.75. The van der Waals surface area contributed by atoms with E-state index in [9.17, 15) is 10.1 Å². The van der Waals surface area contributed by atoms with Gasteiger partial charge in [-0.3, -0.25) is 10.1 Å². The minimum absolute atomic E-state index is 0.0285. The number of aromatic nitrogens is 2. The van der Waals surface area contributed by atoms with Crippen LogP contribution in [-0.4, -0.2) is 53.5 Å². The summed E-state index contributed by atoms with van der Waals surface area (Å²) in [5.41, 5.74) is -0.107. The maximum atomic E-state index is 11.0. The van der Waals surface area contributed by atoms with Gasteiger partial charge in [-0.2, -0.15) is 4.98 Å². The number of nitro groups is 1. The molecule has 110 valence electrons. The molecule has 0 saturated carbocycles. The van der Waals surface area contributed by atoms with Crippen molar-refractivity contribution in [1.82, 2.24) is 14.9 Å². The topological polar surface area (TPSA) is 75.4 Å². The molecule has 2 rings (SSSR count). The smallest absolute Gasteiger partial charge is 0.329 e. The predicted octanol–water partition coefficient (Wildman–Crippen LogP) is 1.82. The fourth-order valence-electron chi connectivity index (χ4n) is 2.47. The zero-order valence-corrected chi connectivity index (χ0v) is 12.4. The molecule has 2 heterocycles. The van der Waals surface area contributed by atoms with Gasteiger partial charge in [-0.05, 0) is 50.5 Å². The zero-order valence-electron chi connectivity index (χ0n) is 11.6. The quantitative estimate of drug-likeness (QED) is 0.479. The Morgan fingerprint density at radius 1 is 1.55 bits per heavy atom. The predicted molar refractivity (Wildman–Crippen MR) is 77.2 cm³/mol. The zero-order chi connectivity index (χ0) is 14.7. The number of likely N-dealkylation sites (tertiary alicyclic amines) is 1. The fourth-order valence-corrected chi connectivity index (χ4v) is 2.60. The first kappa shape index (κ1) is 14.9. The standard InChI is InChI=1S/C12H18ClN5O2/c1-16-5-3-9(4-6-16)8-17(2)11-10(18(19)20)7-14-12(13)15-11/h7,9H,3-6,8H2,1-2H3. The molecular formula is C12H18ClN5O2. The Labute approximate surface area is 122 Å². The van der Waals surface area contributed by atoms with Crippen LogP contribution in [0.4, 0.5) is 11.5 Å². The molecule has 1 aromatic heterocycles. The Bertz CT molecular complexity index is 491. The molecule has 0 aliphatic carbocycles. The van der Waals surface area contributed by atoms with Crippen molar-refractivity contribution in [2.75, 3.05) is 38.6 Å². The molecule has 1 aromatic rings. The van der Waals surface area contributed by atoms with Crippen molar-refractivity contribution in [3.05, 3.63) is 21.6 Å². The molecule has 0 bridgehead atoms. The number of nitrogens with zero attached hydrogens (tertiary/aromatic N) is 5. The van der Waals surface area contributed by atoms with Crippen LogP contribution >= 0.6 is 11.6 Å². The van der Waals surface area contributed by atoms with Gasteiger partial charge in [-0.15, -0.1) is 0 Å². The van der Waals surface area contributed by atoms with Gasteiger partial charge < -0.3 is 9.80 Å². The lowest BCUT2D eigenvalue weighted by Gasteiger charge is -2.31. The number of rotatable bonds is 4. The number of piperidine rings is 1. The molecule has 1 aliphatic rings. The number of anilines is 1. The summed E-state index contributed by atoms with van der Waals surface area (Å²) in [4.78, 5) is 22.3. The lowest BCUT2D eigenvalue weighted by atomic mass is 9.97. The lowest BCUT2D eigenvalue weighted by Crippen LogP contribution is -2.36. The second-order valence-electron chi connectivity index (χ2n) is 5.23. The molecule has 7 nitrogen and oxygen atoms in total. The highest BCUT2D eigenvalue weighted by atomic mass is 35.5. The Hall–Kier alpha value is -1.47. The highest BCUT2D eigenvalue weighted by Gasteiger charge is 2.24. The van der Waals surface area contributed by atoms with Gasteiger partial charge in [0.1, 0.15) is 6.20 Å². The van der Waals surface area contributed by atoms with E-state index in [0.29, 0.717) is 5.92 Å². The van der Waals surface area contributed by atoms with Crippen molar-refractivity contribution < 1.29 is 4.92 Å². The van der Waals surface area contributed by atoms with Crippen LogP contribution in [0, 0.1) is 16.0 Å². The maximum absolute atomic E-state index is 11.0. The van der Waals surface area contributed by atoms with Crippen molar-refractivity contribution in [1.29, 1.82) is 0 Å². The molecule has 0 radical (unpaired) electrons. The average molecular weight is 300 g/mol. The van der Waals surface area contributed by atoms with Crippen molar-refractivity contribution in [3.8, 4) is 0 Å². The van der Waals surface area contributed by atoms with E-state index in [4.69, 9.17) is 11.6 Å². The molecule has 0 N–H and O–H groups in total. The highest BCUT2D eigenvalue weighted by Crippen LogP contribution is 2.27. The third kappa shape index (κ3) is 3.55. The number of halogens is 1. The Balaban J connectivity index is 2.10. The maximum Gasteiger partial charge on any atom is 0.329 e. The molecule has 8 heteroatoms. The molecule has 20 heavy (non-hydrogen) atoms. The monoisotopic (exact) mass is 299 g/mol. The molecule has 0 amide bonds. The number of hydrogen-bond acceptors (Lipinski definition) is 6. The van der Waals surface area contributed by atoms with Crippen LogP contribution in [-0.2, 0) is 0 Å². The van der Waals surface area contributed by atoms with E-state index >= 15 is 0 Å². The largest absolute Gasteiger partial charge is 0.354 e. The summed E-state index contributed by atoms with van der Waals surface area (Å²) in [5.74, 6) is 0.804.